The van der Waals surface area contributed by atoms with Crippen molar-refractivity contribution in [3.63, 3.8) is 0 Å². The van der Waals surface area contributed by atoms with E-state index in [-0.39, 0.29) is 11.9 Å². The lowest BCUT2D eigenvalue weighted by molar-refractivity contribution is -0.123. The summed E-state index contributed by atoms with van der Waals surface area (Å²) in [6.07, 6.45) is 4.07. The molecule has 88 valence electrons. The number of hydrogen-bond donors (Lipinski definition) is 2. The smallest absolute Gasteiger partial charge is 0.237 e. The first kappa shape index (κ1) is 12.5. The molecule has 1 amide bonds. The van der Waals surface area contributed by atoms with Gasteiger partial charge in [0, 0.05) is 6.04 Å². The van der Waals surface area contributed by atoms with Crippen LogP contribution in [0.15, 0.2) is 0 Å². The SMILES string of the molecule is CCCC(N)C(=O)NC1CCC(C)C1C. The highest BCUT2D eigenvalue weighted by Gasteiger charge is 2.31. The summed E-state index contributed by atoms with van der Waals surface area (Å²) < 4.78 is 0. The minimum Gasteiger partial charge on any atom is -0.352 e. The number of nitrogens with one attached hydrogen (secondary N) is 1. The highest BCUT2D eigenvalue weighted by Crippen LogP contribution is 2.31. The molecule has 1 aliphatic carbocycles. The van der Waals surface area contributed by atoms with Gasteiger partial charge in [0.05, 0.1) is 6.04 Å². The zero-order chi connectivity index (χ0) is 11.4. The van der Waals surface area contributed by atoms with Crippen molar-refractivity contribution in [3.05, 3.63) is 0 Å². The van der Waals surface area contributed by atoms with Crippen LogP contribution in [0.5, 0.6) is 0 Å². The summed E-state index contributed by atoms with van der Waals surface area (Å²) in [5, 5.41) is 3.08. The van der Waals surface area contributed by atoms with Crippen LogP contribution in [0, 0.1) is 11.8 Å². The first-order valence-corrected chi connectivity index (χ1v) is 6.12. The van der Waals surface area contributed by atoms with Crippen LogP contribution < -0.4 is 11.1 Å². The van der Waals surface area contributed by atoms with Gasteiger partial charge in [0.25, 0.3) is 0 Å². The van der Waals surface area contributed by atoms with E-state index >= 15 is 0 Å². The minimum absolute atomic E-state index is 0.0304. The van der Waals surface area contributed by atoms with Gasteiger partial charge in [-0.3, -0.25) is 4.79 Å². The largest absolute Gasteiger partial charge is 0.352 e. The van der Waals surface area contributed by atoms with Crippen LogP contribution >= 0.6 is 0 Å². The molecule has 0 heterocycles. The molecule has 3 nitrogen and oxygen atoms in total. The fraction of sp³-hybridized carbons (Fsp3) is 0.917. The number of amides is 1. The van der Waals surface area contributed by atoms with Gasteiger partial charge in [-0.05, 0) is 31.1 Å². The Balaban J connectivity index is 2.38. The molecule has 0 spiro atoms. The maximum absolute atomic E-state index is 11.7. The fourth-order valence-electron chi connectivity index (χ4n) is 2.30. The molecular weight excluding hydrogens is 188 g/mol. The van der Waals surface area contributed by atoms with E-state index in [0.29, 0.717) is 12.0 Å². The Morgan fingerprint density at radius 3 is 2.60 bits per heavy atom. The molecule has 4 atom stereocenters. The second kappa shape index (κ2) is 5.50. The summed E-state index contributed by atoms with van der Waals surface area (Å²) in [6.45, 7) is 6.52. The Morgan fingerprint density at radius 2 is 2.13 bits per heavy atom. The molecule has 0 aromatic rings. The monoisotopic (exact) mass is 212 g/mol. The van der Waals surface area contributed by atoms with E-state index in [2.05, 4.69) is 19.2 Å². The number of carbonyl (C=O) groups excluding carboxylic acids is 1. The van der Waals surface area contributed by atoms with E-state index in [9.17, 15) is 4.79 Å². The van der Waals surface area contributed by atoms with Gasteiger partial charge < -0.3 is 11.1 Å². The molecule has 0 aromatic carbocycles. The zero-order valence-electron chi connectivity index (χ0n) is 10.1. The third-order valence-corrected chi connectivity index (χ3v) is 3.73. The van der Waals surface area contributed by atoms with Gasteiger partial charge in [0.2, 0.25) is 5.91 Å². The Morgan fingerprint density at radius 1 is 1.47 bits per heavy atom. The molecule has 3 N–H and O–H groups in total. The molecule has 0 aromatic heterocycles. The molecule has 1 saturated carbocycles. The maximum atomic E-state index is 11.7. The van der Waals surface area contributed by atoms with E-state index in [1.165, 1.54) is 6.42 Å². The van der Waals surface area contributed by atoms with E-state index in [1.54, 1.807) is 0 Å². The third-order valence-electron chi connectivity index (χ3n) is 3.73. The Bertz CT molecular complexity index is 218. The maximum Gasteiger partial charge on any atom is 0.237 e. The van der Waals surface area contributed by atoms with Crippen molar-refractivity contribution in [3.8, 4) is 0 Å². The van der Waals surface area contributed by atoms with Gasteiger partial charge in [0.1, 0.15) is 0 Å². The van der Waals surface area contributed by atoms with E-state index < -0.39 is 0 Å². The molecule has 0 bridgehead atoms. The lowest BCUT2D eigenvalue weighted by atomic mass is 9.97. The lowest BCUT2D eigenvalue weighted by Gasteiger charge is -2.21. The summed E-state index contributed by atoms with van der Waals surface area (Å²) >= 11 is 0. The van der Waals surface area contributed by atoms with Crippen LogP contribution in [-0.4, -0.2) is 18.0 Å². The van der Waals surface area contributed by atoms with E-state index in [1.807, 2.05) is 6.92 Å². The second-order valence-corrected chi connectivity index (χ2v) is 4.92. The third kappa shape index (κ3) is 3.20. The standard InChI is InChI=1S/C12H24N2O/c1-4-5-10(13)12(15)14-11-7-6-8(2)9(11)3/h8-11H,4-7,13H2,1-3H3,(H,14,15). The highest BCUT2D eigenvalue weighted by atomic mass is 16.2. The van der Waals surface area contributed by atoms with E-state index in [0.717, 1.165) is 25.2 Å². The van der Waals surface area contributed by atoms with Crippen molar-refractivity contribution in [2.24, 2.45) is 17.6 Å². The number of nitrogens with two attached hydrogens (primary N) is 1. The molecule has 1 rings (SSSR count). The first-order chi connectivity index (χ1) is 7.06. The highest BCUT2D eigenvalue weighted by molar-refractivity contribution is 5.81. The predicted octanol–water partition coefficient (Wildman–Crippen LogP) is 1.66. The van der Waals surface area contributed by atoms with Crippen LogP contribution in [0.2, 0.25) is 0 Å². The van der Waals surface area contributed by atoms with Crippen molar-refractivity contribution in [2.45, 2.75) is 58.5 Å². The average Bonchev–Trinajstić information content (AvgIpc) is 2.50. The minimum atomic E-state index is -0.321. The fourth-order valence-corrected chi connectivity index (χ4v) is 2.30. The summed E-state index contributed by atoms with van der Waals surface area (Å²) in [7, 11) is 0. The predicted molar refractivity (Wildman–Crippen MR) is 62.4 cm³/mol. The van der Waals surface area contributed by atoms with Crippen molar-refractivity contribution >= 4 is 5.91 Å². The van der Waals surface area contributed by atoms with Gasteiger partial charge in [-0.15, -0.1) is 0 Å². The molecule has 0 radical (unpaired) electrons. The lowest BCUT2D eigenvalue weighted by Crippen LogP contribution is -2.46. The Kier molecular flexibility index (Phi) is 4.58. The molecule has 0 saturated heterocycles. The Labute approximate surface area is 92.8 Å². The molecule has 3 heteroatoms. The van der Waals surface area contributed by atoms with Gasteiger partial charge in [-0.2, -0.15) is 0 Å². The normalized spacial score (nSPS) is 32.7. The zero-order valence-corrected chi connectivity index (χ0v) is 10.1. The summed E-state index contributed by atoms with van der Waals surface area (Å²) in [4.78, 5) is 11.7. The van der Waals surface area contributed by atoms with E-state index in [4.69, 9.17) is 5.73 Å². The van der Waals surface area contributed by atoms with Gasteiger partial charge >= 0.3 is 0 Å². The Hall–Kier alpha value is -0.570. The summed E-state index contributed by atoms with van der Waals surface area (Å²) in [5.41, 5.74) is 5.77. The topological polar surface area (TPSA) is 55.1 Å². The summed E-state index contributed by atoms with van der Waals surface area (Å²) in [6, 6.07) is 0.0218. The van der Waals surface area contributed by atoms with Gasteiger partial charge in [0.15, 0.2) is 0 Å². The molecule has 4 unspecified atom stereocenters. The van der Waals surface area contributed by atoms with Crippen LogP contribution in [0.4, 0.5) is 0 Å². The number of rotatable bonds is 4. The quantitative estimate of drug-likeness (QED) is 0.744. The number of hydrogen-bond acceptors (Lipinski definition) is 2. The van der Waals surface area contributed by atoms with Crippen LogP contribution in [0.1, 0.15) is 46.5 Å². The average molecular weight is 212 g/mol. The molecule has 1 aliphatic rings. The molecule has 15 heavy (non-hydrogen) atoms. The number of carbonyl (C=O) groups is 1. The van der Waals surface area contributed by atoms with Crippen LogP contribution in [-0.2, 0) is 4.79 Å². The molecular formula is C12H24N2O. The van der Waals surface area contributed by atoms with Crippen molar-refractivity contribution in [2.75, 3.05) is 0 Å². The molecule has 0 aliphatic heterocycles. The first-order valence-electron chi connectivity index (χ1n) is 6.12. The van der Waals surface area contributed by atoms with Gasteiger partial charge in [-0.25, -0.2) is 0 Å². The van der Waals surface area contributed by atoms with Crippen LogP contribution in [0.3, 0.4) is 0 Å². The van der Waals surface area contributed by atoms with Crippen molar-refractivity contribution in [1.82, 2.24) is 5.32 Å². The van der Waals surface area contributed by atoms with Crippen LogP contribution in [0.25, 0.3) is 0 Å². The summed E-state index contributed by atoms with van der Waals surface area (Å²) in [5.74, 6) is 1.34. The molecule has 1 fully saturated rings. The second-order valence-electron chi connectivity index (χ2n) is 4.92. The van der Waals surface area contributed by atoms with Gasteiger partial charge in [-0.1, -0.05) is 27.2 Å². The van der Waals surface area contributed by atoms with Crippen molar-refractivity contribution in [1.29, 1.82) is 0 Å². The van der Waals surface area contributed by atoms with Crippen molar-refractivity contribution < 1.29 is 4.79 Å².